The second-order valence-electron chi connectivity index (χ2n) is 8.93. The van der Waals surface area contributed by atoms with Crippen molar-refractivity contribution in [2.75, 3.05) is 20.5 Å². The summed E-state index contributed by atoms with van der Waals surface area (Å²) in [6.45, 7) is 3.79. The Morgan fingerprint density at radius 2 is 1.97 bits per heavy atom. The van der Waals surface area contributed by atoms with E-state index in [4.69, 9.17) is 30.5 Å². The highest BCUT2D eigenvalue weighted by Crippen LogP contribution is 2.40. The molecule has 0 amide bonds. The largest absolute Gasteiger partial charge is 0.496 e. The number of rotatable bonds is 5. The molecule has 1 aromatic heterocycles. The summed E-state index contributed by atoms with van der Waals surface area (Å²) in [5, 5.41) is 2.22. The molecule has 39 heavy (non-hydrogen) atoms. The predicted octanol–water partition coefficient (Wildman–Crippen LogP) is 4.34. The number of esters is 1. The number of methoxy groups -OCH3 is 1. The fourth-order valence-electron chi connectivity index (χ4n) is 4.98. The molecular weight excluding hydrogens is 540 g/mol. The van der Waals surface area contributed by atoms with Crippen LogP contribution in [0.5, 0.6) is 17.2 Å². The van der Waals surface area contributed by atoms with E-state index in [1.165, 1.54) is 11.3 Å². The van der Waals surface area contributed by atoms with Crippen LogP contribution < -0.4 is 29.1 Å². The van der Waals surface area contributed by atoms with Gasteiger partial charge in [-0.1, -0.05) is 53.3 Å². The van der Waals surface area contributed by atoms with E-state index >= 15 is 0 Å². The highest BCUT2D eigenvalue weighted by Gasteiger charge is 2.36. The van der Waals surface area contributed by atoms with Gasteiger partial charge in [-0.15, -0.1) is 0 Å². The molecule has 10 heteroatoms. The summed E-state index contributed by atoms with van der Waals surface area (Å²) in [7, 11) is 1.57. The molecule has 6 rings (SSSR count). The molecule has 8 nitrogen and oxygen atoms in total. The minimum atomic E-state index is -0.823. The number of hydrogen-bond donors (Lipinski definition) is 0. The summed E-state index contributed by atoms with van der Waals surface area (Å²) in [6, 6.07) is 14.2. The van der Waals surface area contributed by atoms with Crippen molar-refractivity contribution in [3.05, 3.63) is 95.6 Å². The Kier molecular flexibility index (Phi) is 6.40. The van der Waals surface area contributed by atoms with Crippen molar-refractivity contribution in [1.82, 2.24) is 4.57 Å². The summed E-state index contributed by atoms with van der Waals surface area (Å²) in [6.07, 6.45) is 1.70. The average Bonchev–Trinajstić information content (AvgIpc) is 3.50. The first-order valence-electron chi connectivity index (χ1n) is 12.3. The molecular formula is C29H23ClN2O6S. The van der Waals surface area contributed by atoms with Crippen LogP contribution in [0, 0.1) is 0 Å². The Morgan fingerprint density at radius 3 is 2.74 bits per heavy atom. The SMILES string of the molecule is CCOC(=O)C1=C(C)N=c2s/c(=C/c3cc4c(cc3Cl)OCO4)c(=O)n2[C@@H]1c1c(OC)ccc2ccccc12. The maximum atomic E-state index is 14.1. The van der Waals surface area contributed by atoms with Crippen LogP contribution in [0.3, 0.4) is 0 Å². The number of benzene rings is 3. The van der Waals surface area contributed by atoms with E-state index in [0.717, 1.165) is 10.8 Å². The van der Waals surface area contributed by atoms with Gasteiger partial charge in [-0.05, 0) is 48.4 Å². The maximum absolute atomic E-state index is 14.1. The molecule has 0 aliphatic carbocycles. The highest BCUT2D eigenvalue weighted by atomic mass is 35.5. The molecule has 3 heterocycles. The molecule has 0 spiro atoms. The summed E-state index contributed by atoms with van der Waals surface area (Å²) in [4.78, 5) is 32.6. The summed E-state index contributed by atoms with van der Waals surface area (Å²) < 4.78 is 24.1. The molecule has 2 aliphatic rings. The van der Waals surface area contributed by atoms with Crippen molar-refractivity contribution >= 4 is 45.8 Å². The van der Waals surface area contributed by atoms with E-state index in [1.54, 1.807) is 43.7 Å². The Bertz CT molecular complexity index is 1870. The van der Waals surface area contributed by atoms with Crippen LogP contribution in [0.2, 0.25) is 5.02 Å². The molecule has 0 unspecified atom stereocenters. The number of hydrogen-bond acceptors (Lipinski definition) is 8. The van der Waals surface area contributed by atoms with Crippen molar-refractivity contribution in [2.24, 2.45) is 4.99 Å². The molecule has 0 fully saturated rings. The van der Waals surface area contributed by atoms with Gasteiger partial charge in [-0.3, -0.25) is 9.36 Å². The van der Waals surface area contributed by atoms with E-state index in [0.29, 0.717) is 48.4 Å². The van der Waals surface area contributed by atoms with Crippen LogP contribution in [0.4, 0.5) is 0 Å². The van der Waals surface area contributed by atoms with Gasteiger partial charge in [-0.2, -0.15) is 0 Å². The number of thiazole rings is 1. The summed E-state index contributed by atoms with van der Waals surface area (Å²) in [5.41, 5.74) is 1.73. The van der Waals surface area contributed by atoms with Gasteiger partial charge in [0.1, 0.15) is 11.8 Å². The number of aromatic nitrogens is 1. The first kappa shape index (κ1) is 25.2. The highest BCUT2D eigenvalue weighted by molar-refractivity contribution is 7.07. The molecule has 0 saturated carbocycles. The van der Waals surface area contributed by atoms with Crippen molar-refractivity contribution in [3.63, 3.8) is 0 Å². The van der Waals surface area contributed by atoms with Crippen LogP contribution in [-0.4, -0.2) is 31.0 Å². The van der Waals surface area contributed by atoms with Gasteiger partial charge in [-0.25, -0.2) is 9.79 Å². The maximum Gasteiger partial charge on any atom is 0.338 e. The molecule has 0 radical (unpaired) electrons. The van der Waals surface area contributed by atoms with Crippen LogP contribution in [-0.2, 0) is 9.53 Å². The smallest absolute Gasteiger partial charge is 0.338 e. The third-order valence-corrected chi connectivity index (χ3v) is 8.03. The van der Waals surface area contributed by atoms with Crippen LogP contribution in [0.1, 0.15) is 31.0 Å². The van der Waals surface area contributed by atoms with Crippen LogP contribution in [0.25, 0.3) is 16.8 Å². The Morgan fingerprint density at radius 1 is 1.21 bits per heavy atom. The fraction of sp³-hybridized carbons (Fsp3) is 0.207. The topological polar surface area (TPSA) is 88.4 Å². The van der Waals surface area contributed by atoms with E-state index in [1.807, 2.05) is 36.4 Å². The zero-order valence-electron chi connectivity index (χ0n) is 21.3. The summed E-state index contributed by atoms with van der Waals surface area (Å²) in [5.74, 6) is 1.11. The van der Waals surface area contributed by atoms with Crippen molar-refractivity contribution in [2.45, 2.75) is 19.9 Å². The van der Waals surface area contributed by atoms with Gasteiger partial charge >= 0.3 is 5.97 Å². The Hall–Kier alpha value is -4.08. The molecule has 3 aromatic carbocycles. The number of carbonyl (C=O) groups is 1. The fourth-order valence-corrected chi connectivity index (χ4v) is 6.23. The van der Waals surface area contributed by atoms with Crippen molar-refractivity contribution in [1.29, 1.82) is 0 Å². The third-order valence-electron chi connectivity index (χ3n) is 6.72. The number of nitrogens with zero attached hydrogens (tertiary/aromatic N) is 2. The lowest BCUT2D eigenvalue weighted by Crippen LogP contribution is -2.40. The molecule has 2 aliphatic heterocycles. The molecule has 0 saturated heterocycles. The number of allylic oxidation sites excluding steroid dienone is 1. The molecule has 4 aromatic rings. The average molecular weight is 563 g/mol. The third kappa shape index (κ3) is 4.18. The van der Waals surface area contributed by atoms with E-state index in [9.17, 15) is 9.59 Å². The van der Waals surface area contributed by atoms with Gasteiger partial charge in [0.2, 0.25) is 6.79 Å². The minimum absolute atomic E-state index is 0.111. The molecule has 1 atom stereocenters. The van der Waals surface area contributed by atoms with Gasteiger partial charge in [0.25, 0.3) is 5.56 Å². The second-order valence-corrected chi connectivity index (χ2v) is 10.3. The van der Waals surface area contributed by atoms with Crippen molar-refractivity contribution in [3.8, 4) is 17.2 Å². The van der Waals surface area contributed by atoms with Crippen molar-refractivity contribution < 1.29 is 23.7 Å². The summed E-state index contributed by atoms with van der Waals surface area (Å²) >= 11 is 7.73. The van der Waals surface area contributed by atoms with Gasteiger partial charge in [0.15, 0.2) is 16.3 Å². The zero-order valence-corrected chi connectivity index (χ0v) is 22.9. The zero-order chi connectivity index (χ0) is 27.3. The number of carbonyl (C=O) groups excluding carboxylic acids is 1. The Balaban J connectivity index is 1.64. The lowest BCUT2D eigenvalue weighted by molar-refractivity contribution is -0.139. The number of halogens is 1. The second kappa shape index (κ2) is 9.91. The quantitative estimate of drug-likeness (QED) is 0.336. The minimum Gasteiger partial charge on any atom is -0.496 e. The van der Waals surface area contributed by atoms with E-state index in [-0.39, 0.29) is 24.5 Å². The van der Waals surface area contributed by atoms with Gasteiger partial charge in [0.05, 0.1) is 34.5 Å². The van der Waals surface area contributed by atoms with E-state index in [2.05, 4.69) is 4.99 Å². The lowest BCUT2D eigenvalue weighted by atomic mass is 9.90. The predicted molar refractivity (Wildman–Crippen MR) is 148 cm³/mol. The number of fused-ring (bicyclic) bond motifs is 3. The van der Waals surface area contributed by atoms with Gasteiger partial charge in [0, 0.05) is 11.6 Å². The molecule has 0 N–H and O–H groups in total. The van der Waals surface area contributed by atoms with Crippen LogP contribution in [0.15, 0.2) is 69.6 Å². The number of ether oxygens (including phenoxy) is 4. The Labute approximate surface area is 232 Å². The monoisotopic (exact) mass is 562 g/mol. The van der Waals surface area contributed by atoms with Crippen LogP contribution >= 0.6 is 22.9 Å². The first-order valence-corrected chi connectivity index (χ1v) is 13.4. The molecule has 0 bridgehead atoms. The lowest BCUT2D eigenvalue weighted by Gasteiger charge is -2.27. The van der Waals surface area contributed by atoms with Gasteiger partial charge < -0.3 is 18.9 Å². The standard InChI is InChI=1S/C29H23ClN2O6S/c1-4-36-28(34)24-15(2)31-29-32(26(24)25-18-8-6-5-7-16(18)9-10-20(25)35-3)27(33)23(39-29)12-17-11-21-22(13-19(17)30)38-14-37-21/h5-13,26H,4,14H2,1-3H3/b23-12+/t26-/m0/s1. The van der Waals surface area contributed by atoms with E-state index < -0.39 is 12.0 Å². The molecule has 198 valence electrons. The first-order chi connectivity index (χ1) is 18.9. The normalized spacial score (nSPS) is 16.3.